The fourth-order valence-electron chi connectivity index (χ4n) is 2.88. The Hall–Kier alpha value is -1.26. The number of anilines is 1. The third-order valence-electron chi connectivity index (χ3n) is 4.30. The van der Waals surface area contributed by atoms with Gasteiger partial charge in [0.1, 0.15) is 0 Å². The Morgan fingerprint density at radius 2 is 1.91 bits per heavy atom. The number of hydrogen-bond acceptors (Lipinski definition) is 3. The Labute approximate surface area is 144 Å². The molecule has 4 nitrogen and oxygen atoms in total. The van der Waals surface area contributed by atoms with E-state index in [1.165, 1.54) is 0 Å². The normalized spacial score (nSPS) is 15.7. The first kappa shape index (κ1) is 18.1. The van der Waals surface area contributed by atoms with Gasteiger partial charge in [0, 0.05) is 39.1 Å². The number of benzene rings is 1. The lowest BCUT2D eigenvalue weighted by atomic mass is 10.2. The molecule has 1 aliphatic heterocycles. The van der Waals surface area contributed by atoms with Gasteiger partial charge in [-0.15, -0.1) is 0 Å². The summed E-state index contributed by atoms with van der Waals surface area (Å²) in [7, 11) is 0. The lowest BCUT2D eigenvalue weighted by molar-refractivity contribution is -0.121. The summed E-state index contributed by atoms with van der Waals surface area (Å²) < 4.78 is 0. The van der Waals surface area contributed by atoms with Crippen molar-refractivity contribution in [3.8, 4) is 0 Å². The molecule has 128 valence electrons. The fraction of sp³-hybridized carbons (Fsp3) is 0.611. The molecule has 1 fully saturated rings. The monoisotopic (exact) mass is 337 g/mol. The number of unbranched alkanes of at least 4 members (excludes halogenated alkanes) is 1. The van der Waals surface area contributed by atoms with Gasteiger partial charge < -0.3 is 10.2 Å². The van der Waals surface area contributed by atoms with E-state index in [4.69, 9.17) is 11.6 Å². The zero-order valence-corrected chi connectivity index (χ0v) is 14.8. The summed E-state index contributed by atoms with van der Waals surface area (Å²) in [5.41, 5.74) is 1.14. The molecule has 1 N–H and O–H groups in total. The number of hydrogen-bond donors (Lipinski definition) is 1. The first-order valence-electron chi connectivity index (χ1n) is 8.69. The molecule has 0 radical (unpaired) electrons. The van der Waals surface area contributed by atoms with Gasteiger partial charge in [-0.05, 0) is 31.5 Å². The van der Waals surface area contributed by atoms with E-state index in [2.05, 4.69) is 28.1 Å². The van der Waals surface area contributed by atoms with Gasteiger partial charge in [-0.3, -0.25) is 9.69 Å². The molecule has 1 aromatic carbocycles. The van der Waals surface area contributed by atoms with E-state index in [9.17, 15) is 4.79 Å². The molecule has 0 bridgehead atoms. The molecule has 0 unspecified atom stereocenters. The van der Waals surface area contributed by atoms with Crippen LogP contribution in [0.2, 0.25) is 5.02 Å². The summed E-state index contributed by atoms with van der Waals surface area (Å²) in [6, 6.07) is 8.04. The van der Waals surface area contributed by atoms with Gasteiger partial charge in [0.25, 0.3) is 0 Å². The first-order valence-corrected chi connectivity index (χ1v) is 9.07. The van der Waals surface area contributed by atoms with Gasteiger partial charge in [-0.25, -0.2) is 0 Å². The van der Waals surface area contributed by atoms with Crippen molar-refractivity contribution in [1.82, 2.24) is 10.2 Å². The molecular weight excluding hydrogens is 310 g/mol. The van der Waals surface area contributed by atoms with E-state index >= 15 is 0 Å². The quantitative estimate of drug-likeness (QED) is 0.740. The third kappa shape index (κ3) is 6.04. The molecule has 23 heavy (non-hydrogen) atoms. The minimum atomic E-state index is 0.190. The number of amides is 1. The summed E-state index contributed by atoms with van der Waals surface area (Å²) in [5.74, 6) is 0.190. The maximum atomic E-state index is 11.5. The minimum absolute atomic E-state index is 0.190. The molecule has 0 aliphatic carbocycles. The average Bonchev–Trinajstić information content (AvgIpc) is 2.58. The lowest BCUT2D eigenvalue weighted by Crippen LogP contribution is -2.47. The van der Waals surface area contributed by atoms with Crippen molar-refractivity contribution in [2.75, 3.05) is 44.2 Å². The second-order valence-corrected chi connectivity index (χ2v) is 6.49. The number of carbonyl (C=O) groups is 1. The molecule has 1 saturated heterocycles. The molecule has 1 aromatic rings. The van der Waals surface area contributed by atoms with E-state index in [0.717, 1.165) is 69.2 Å². The minimum Gasteiger partial charge on any atom is -0.368 e. The zero-order chi connectivity index (χ0) is 16.5. The van der Waals surface area contributed by atoms with Crippen LogP contribution in [0.3, 0.4) is 0 Å². The Balaban J connectivity index is 1.62. The second kappa shape index (κ2) is 9.78. The number of rotatable bonds is 8. The standard InChI is InChI=1S/C18H28ClN3O/c1-2-3-9-18(23)20-10-6-11-21-12-14-22(15-13-21)17-8-5-4-7-16(17)19/h4-5,7-8H,2-3,6,9-15H2,1H3,(H,20,23). The van der Waals surface area contributed by atoms with E-state index in [1.54, 1.807) is 0 Å². The van der Waals surface area contributed by atoms with Crippen LogP contribution in [0, 0.1) is 0 Å². The van der Waals surface area contributed by atoms with Crippen LogP contribution in [-0.2, 0) is 4.79 Å². The van der Waals surface area contributed by atoms with Gasteiger partial charge in [0.05, 0.1) is 10.7 Å². The highest BCUT2D eigenvalue weighted by Crippen LogP contribution is 2.25. The molecule has 1 heterocycles. The van der Waals surface area contributed by atoms with Crippen LogP contribution in [0.25, 0.3) is 0 Å². The maximum Gasteiger partial charge on any atom is 0.219 e. The lowest BCUT2D eigenvalue weighted by Gasteiger charge is -2.36. The summed E-state index contributed by atoms with van der Waals surface area (Å²) in [6.45, 7) is 8.05. The molecule has 0 spiro atoms. The molecule has 0 aromatic heterocycles. The van der Waals surface area contributed by atoms with Crippen LogP contribution in [-0.4, -0.2) is 50.1 Å². The van der Waals surface area contributed by atoms with Crippen molar-refractivity contribution in [1.29, 1.82) is 0 Å². The van der Waals surface area contributed by atoms with Gasteiger partial charge in [-0.2, -0.15) is 0 Å². The van der Waals surface area contributed by atoms with Crippen molar-refractivity contribution >= 4 is 23.2 Å². The number of nitrogens with zero attached hydrogens (tertiary/aromatic N) is 2. The highest BCUT2D eigenvalue weighted by atomic mass is 35.5. The van der Waals surface area contributed by atoms with E-state index in [0.29, 0.717) is 6.42 Å². The van der Waals surface area contributed by atoms with Crippen LogP contribution in [0.1, 0.15) is 32.6 Å². The van der Waals surface area contributed by atoms with Crippen molar-refractivity contribution in [3.63, 3.8) is 0 Å². The van der Waals surface area contributed by atoms with Crippen molar-refractivity contribution < 1.29 is 4.79 Å². The highest BCUT2D eigenvalue weighted by molar-refractivity contribution is 6.33. The van der Waals surface area contributed by atoms with Gasteiger partial charge in [0.2, 0.25) is 5.91 Å². The van der Waals surface area contributed by atoms with Crippen LogP contribution in [0.4, 0.5) is 5.69 Å². The van der Waals surface area contributed by atoms with E-state index in [-0.39, 0.29) is 5.91 Å². The molecule has 0 saturated carbocycles. The van der Waals surface area contributed by atoms with Gasteiger partial charge in [-0.1, -0.05) is 37.1 Å². The molecule has 1 amide bonds. The smallest absolute Gasteiger partial charge is 0.219 e. The largest absolute Gasteiger partial charge is 0.368 e. The Morgan fingerprint density at radius 3 is 2.61 bits per heavy atom. The average molecular weight is 338 g/mol. The molecule has 2 rings (SSSR count). The number of halogens is 1. The van der Waals surface area contributed by atoms with Crippen molar-refractivity contribution in [3.05, 3.63) is 29.3 Å². The number of para-hydroxylation sites is 1. The zero-order valence-electron chi connectivity index (χ0n) is 14.1. The van der Waals surface area contributed by atoms with Gasteiger partial charge >= 0.3 is 0 Å². The molecule has 1 aliphatic rings. The Kier molecular flexibility index (Phi) is 7.69. The van der Waals surface area contributed by atoms with Crippen LogP contribution in [0.5, 0.6) is 0 Å². The summed E-state index contributed by atoms with van der Waals surface area (Å²) in [6.07, 6.45) is 3.73. The Morgan fingerprint density at radius 1 is 1.17 bits per heavy atom. The second-order valence-electron chi connectivity index (χ2n) is 6.09. The maximum absolute atomic E-state index is 11.5. The third-order valence-corrected chi connectivity index (χ3v) is 4.62. The van der Waals surface area contributed by atoms with Crippen molar-refractivity contribution in [2.24, 2.45) is 0 Å². The number of nitrogens with one attached hydrogen (secondary N) is 1. The fourth-order valence-corrected chi connectivity index (χ4v) is 3.13. The van der Waals surface area contributed by atoms with Crippen LogP contribution < -0.4 is 10.2 Å². The van der Waals surface area contributed by atoms with Crippen molar-refractivity contribution in [2.45, 2.75) is 32.6 Å². The Bertz CT molecular complexity index is 487. The predicted octanol–water partition coefficient (Wildman–Crippen LogP) is 3.16. The molecule has 0 atom stereocenters. The number of piperazine rings is 1. The summed E-state index contributed by atoms with van der Waals surface area (Å²) in [4.78, 5) is 16.4. The molecular formula is C18H28ClN3O. The predicted molar refractivity (Wildman–Crippen MR) is 97.3 cm³/mol. The molecule has 5 heteroatoms. The SMILES string of the molecule is CCCCC(=O)NCCCN1CCN(c2ccccc2Cl)CC1. The van der Waals surface area contributed by atoms with Crippen LogP contribution in [0.15, 0.2) is 24.3 Å². The summed E-state index contributed by atoms with van der Waals surface area (Å²) >= 11 is 6.27. The number of carbonyl (C=O) groups excluding carboxylic acids is 1. The summed E-state index contributed by atoms with van der Waals surface area (Å²) in [5, 5.41) is 3.84. The first-order chi connectivity index (χ1) is 11.2. The highest BCUT2D eigenvalue weighted by Gasteiger charge is 2.18. The van der Waals surface area contributed by atoms with E-state index < -0.39 is 0 Å². The van der Waals surface area contributed by atoms with Crippen LogP contribution >= 0.6 is 11.6 Å². The van der Waals surface area contributed by atoms with Gasteiger partial charge in [0.15, 0.2) is 0 Å². The topological polar surface area (TPSA) is 35.6 Å². The van der Waals surface area contributed by atoms with E-state index in [1.807, 2.05) is 18.2 Å².